The maximum Gasteiger partial charge on any atom is 0.334 e. The third kappa shape index (κ3) is 4.20. The summed E-state index contributed by atoms with van der Waals surface area (Å²) in [7, 11) is 0. The number of fused-ring (bicyclic) bond motifs is 1. The van der Waals surface area contributed by atoms with Gasteiger partial charge in [-0.1, -0.05) is 36.0 Å². The third-order valence-electron chi connectivity index (χ3n) is 4.69. The number of ether oxygens (including phenoxy) is 1. The number of nitrogens with zero attached hydrogens (tertiary/aromatic N) is 3. The van der Waals surface area contributed by atoms with Gasteiger partial charge in [0.25, 0.3) is 0 Å². The van der Waals surface area contributed by atoms with E-state index in [0.717, 1.165) is 28.8 Å². The second-order valence-electron chi connectivity index (χ2n) is 6.91. The minimum absolute atomic E-state index is 0.315. The molecule has 2 heterocycles. The average molecular weight is 405 g/mol. The molecule has 30 heavy (non-hydrogen) atoms. The molecular weight excluding hydrogens is 382 g/mol. The zero-order valence-electron chi connectivity index (χ0n) is 17.0. The normalized spacial score (nSPS) is 11.0. The van der Waals surface area contributed by atoms with Crippen LogP contribution in [-0.4, -0.2) is 27.5 Å². The van der Waals surface area contributed by atoms with Gasteiger partial charge in [-0.05, 0) is 37.6 Å². The Kier molecular flexibility index (Phi) is 5.79. The van der Waals surface area contributed by atoms with Gasteiger partial charge in [0.1, 0.15) is 17.0 Å². The van der Waals surface area contributed by atoms with Crippen LogP contribution < -0.4 is 9.57 Å². The van der Waals surface area contributed by atoms with Gasteiger partial charge in [0, 0.05) is 18.4 Å². The van der Waals surface area contributed by atoms with Crippen LogP contribution in [0.15, 0.2) is 59.1 Å². The van der Waals surface area contributed by atoms with Crippen LogP contribution in [0.4, 0.5) is 0 Å². The molecule has 0 unspecified atom stereocenters. The second kappa shape index (κ2) is 8.82. The lowest BCUT2D eigenvalue weighted by Gasteiger charge is -2.07. The highest BCUT2D eigenvalue weighted by molar-refractivity contribution is 5.85. The van der Waals surface area contributed by atoms with Crippen LogP contribution in [0.1, 0.15) is 31.2 Å². The summed E-state index contributed by atoms with van der Waals surface area (Å²) in [6, 6.07) is 15.4. The fourth-order valence-corrected chi connectivity index (χ4v) is 3.17. The molecule has 0 aliphatic rings. The third-order valence-corrected chi connectivity index (χ3v) is 4.69. The van der Waals surface area contributed by atoms with Gasteiger partial charge in [0.05, 0.1) is 23.9 Å². The Morgan fingerprint density at radius 3 is 2.77 bits per heavy atom. The van der Waals surface area contributed by atoms with Crippen molar-refractivity contribution in [1.29, 1.82) is 0 Å². The molecule has 4 aromatic rings. The number of carbonyl (C=O) groups is 1. The lowest BCUT2D eigenvalue weighted by molar-refractivity contribution is -0.145. The summed E-state index contributed by atoms with van der Waals surface area (Å²) < 4.78 is 11.8. The molecule has 0 fully saturated rings. The number of aromatic nitrogens is 3. The molecule has 0 radical (unpaired) electrons. The SMILES string of the molecule is CCCC(=O)On1ncc2c(OCCc3nc(-c4ccccc4)oc3C)cccc21. The summed E-state index contributed by atoms with van der Waals surface area (Å²) in [5.41, 5.74) is 2.49. The number of oxazole rings is 1. The van der Waals surface area contributed by atoms with E-state index >= 15 is 0 Å². The first-order valence-electron chi connectivity index (χ1n) is 9.98. The van der Waals surface area contributed by atoms with E-state index in [-0.39, 0.29) is 5.97 Å². The molecule has 2 aromatic carbocycles. The zero-order valence-corrected chi connectivity index (χ0v) is 17.0. The van der Waals surface area contributed by atoms with Gasteiger partial charge in [-0.2, -0.15) is 0 Å². The first kappa shape index (κ1) is 19.7. The summed E-state index contributed by atoms with van der Waals surface area (Å²) in [6.07, 6.45) is 3.32. The predicted molar refractivity (Wildman–Crippen MR) is 112 cm³/mol. The Hall–Kier alpha value is -3.61. The first-order valence-corrected chi connectivity index (χ1v) is 9.98. The van der Waals surface area contributed by atoms with Crippen LogP contribution in [0.25, 0.3) is 22.4 Å². The standard InChI is InChI=1S/C23H23N3O4/c1-3-8-22(27)30-26-20-11-7-12-21(18(20)15-24-26)28-14-13-19-16(2)29-23(25-19)17-9-5-4-6-10-17/h4-7,9-12,15H,3,8,13-14H2,1-2H3. The highest BCUT2D eigenvalue weighted by Crippen LogP contribution is 2.26. The van der Waals surface area contributed by atoms with E-state index in [2.05, 4.69) is 10.1 Å². The Morgan fingerprint density at radius 1 is 1.13 bits per heavy atom. The number of hydrogen-bond donors (Lipinski definition) is 0. The predicted octanol–water partition coefficient (Wildman–Crippen LogP) is 4.38. The van der Waals surface area contributed by atoms with E-state index in [1.807, 2.05) is 62.4 Å². The molecule has 0 bridgehead atoms. The van der Waals surface area contributed by atoms with Crippen molar-refractivity contribution in [3.05, 3.63) is 66.2 Å². The molecule has 0 N–H and O–H groups in total. The van der Waals surface area contributed by atoms with Crippen molar-refractivity contribution in [1.82, 2.24) is 14.9 Å². The van der Waals surface area contributed by atoms with Crippen LogP contribution in [0, 0.1) is 6.92 Å². The summed E-state index contributed by atoms with van der Waals surface area (Å²) in [4.78, 5) is 22.9. The zero-order chi connectivity index (χ0) is 20.9. The van der Waals surface area contributed by atoms with Gasteiger partial charge >= 0.3 is 5.97 Å². The van der Waals surface area contributed by atoms with Gasteiger partial charge in [-0.25, -0.2) is 9.78 Å². The van der Waals surface area contributed by atoms with Crippen molar-refractivity contribution in [3.63, 3.8) is 0 Å². The van der Waals surface area contributed by atoms with Gasteiger partial charge in [-0.15, -0.1) is 5.10 Å². The first-order chi connectivity index (χ1) is 14.7. The number of carbonyl (C=O) groups excluding carboxylic acids is 1. The molecule has 0 aliphatic carbocycles. The Morgan fingerprint density at radius 2 is 1.97 bits per heavy atom. The van der Waals surface area contributed by atoms with Crippen LogP contribution in [0.3, 0.4) is 0 Å². The number of aryl methyl sites for hydroxylation is 1. The van der Waals surface area contributed by atoms with Crippen molar-refractivity contribution >= 4 is 16.9 Å². The minimum atomic E-state index is -0.315. The van der Waals surface area contributed by atoms with E-state index < -0.39 is 0 Å². The van der Waals surface area contributed by atoms with Crippen LogP contribution in [0.5, 0.6) is 5.75 Å². The molecular formula is C23H23N3O4. The van der Waals surface area contributed by atoms with Crippen LogP contribution in [-0.2, 0) is 11.2 Å². The molecule has 4 rings (SSSR count). The molecule has 0 amide bonds. The van der Waals surface area contributed by atoms with E-state index in [1.54, 1.807) is 6.20 Å². The molecule has 0 saturated carbocycles. The molecule has 0 aliphatic heterocycles. The molecule has 0 atom stereocenters. The minimum Gasteiger partial charge on any atom is -0.492 e. The largest absolute Gasteiger partial charge is 0.492 e. The molecule has 0 spiro atoms. The van der Waals surface area contributed by atoms with Crippen molar-refractivity contribution in [2.45, 2.75) is 33.1 Å². The summed E-state index contributed by atoms with van der Waals surface area (Å²) in [5, 5.41) is 4.94. The summed E-state index contributed by atoms with van der Waals surface area (Å²) in [5.74, 6) is 1.76. The number of rotatable bonds is 8. The van der Waals surface area contributed by atoms with Gasteiger partial charge in [0.15, 0.2) is 0 Å². The fourth-order valence-electron chi connectivity index (χ4n) is 3.17. The quantitative estimate of drug-likeness (QED) is 0.433. The maximum absolute atomic E-state index is 11.8. The highest BCUT2D eigenvalue weighted by Gasteiger charge is 2.14. The lowest BCUT2D eigenvalue weighted by atomic mass is 10.2. The maximum atomic E-state index is 11.8. The Bertz CT molecular complexity index is 1150. The van der Waals surface area contributed by atoms with Gasteiger partial charge in [0.2, 0.25) is 5.89 Å². The molecule has 2 aromatic heterocycles. The van der Waals surface area contributed by atoms with Crippen LogP contribution >= 0.6 is 0 Å². The summed E-state index contributed by atoms with van der Waals surface area (Å²) >= 11 is 0. The number of hydrogen-bond acceptors (Lipinski definition) is 6. The topological polar surface area (TPSA) is 79.4 Å². The molecule has 0 saturated heterocycles. The second-order valence-corrected chi connectivity index (χ2v) is 6.91. The average Bonchev–Trinajstić information content (AvgIpc) is 3.33. The molecule has 7 nitrogen and oxygen atoms in total. The Balaban J connectivity index is 1.44. The van der Waals surface area contributed by atoms with Crippen LogP contribution in [0.2, 0.25) is 0 Å². The van der Waals surface area contributed by atoms with E-state index in [1.165, 1.54) is 4.85 Å². The Labute approximate surface area is 174 Å². The van der Waals surface area contributed by atoms with E-state index in [4.69, 9.17) is 14.0 Å². The smallest absolute Gasteiger partial charge is 0.334 e. The van der Waals surface area contributed by atoms with Crippen molar-refractivity contribution in [2.75, 3.05) is 6.61 Å². The van der Waals surface area contributed by atoms with Crippen molar-refractivity contribution in [3.8, 4) is 17.2 Å². The highest BCUT2D eigenvalue weighted by atomic mass is 16.7. The van der Waals surface area contributed by atoms with Gasteiger partial charge < -0.3 is 14.0 Å². The summed E-state index contributed by atoms with van der Waals surface area (Å²) in [6.45, 7) is 4.26. The number of benzene rings is 2. The van der Waals surface area contributed by atoms with Gasteiger partial charge in [-0.3, -0.25) is 0 Å². The molecule has 154 valence electrons. The van der Waals surface area contributed by atoms with E-state index in [9.17, 15) is 4.79 Å². The fraction of sp³-hybridized carbons (Fsp3) is 0.261. The molecule has 7 heteroatoms. The monoisotopic (exact) mass is 405 g/mol. The van der Waals surface area contributed by atoms with E-state index in [0.29, 0.717) is 36.6 Å². The lowest BCUT2D eigenvalue weighted by Crippen LogP contribution is -2.20. The van der Waals surface area contributed by atoms with Crippen molar-refractivity contribution in [2.24, 2.45) is 0 Å². The van der Waals surface area contributed by atoms with Crippen molar-refractivity contribution < 1.29 is 18.8 Å².